The third-order valence-electron chi connectivity index (χ3n) is 3.48. The summed E-state index contributed by atoms with van der Waals surface area (Å²) in [6.45, 7) is 0.489. The maximum atomic E-state index is 12.5. The molecule has 1 fully saturated rings. The quantitative estimate of drug-likeness (QED) is 0.364. The average molecular weight is 311 g/mol. The van der Waals surface area contributed by atoms with Crippen LogP contribution in [0.4, 0.5) is 0 Å². The lowest BCUT2D eigenvalue weighted by Gasteiger charge is -2.23. The van der Waals surface area contributed by atoms with Gasteiger partial charge in [0, 0.05) is 18.4 Å². The minimum atomic E-state index is -3.38. The Bertz CT molecular complexity index is 684. The third kappa shape index (κ3) is 3.15. The highest BCUT2D eigenvalue weighted by atomic mass is 32.2. The van der Waals surface area contributed by atoms with Gasteiger partial charge in [-0.25, -0.2) is 8.42 Å². The number of benzene rings is 1. The summed E-state index contributed by atoms with van der Waals surface area (Å²) in [7, 11) is -3.38. The minimum absolute atomic E-state index is 0.0138. The third-order valence-corrected chi connectivity index (χ3v) is 4.59. The highest BCUT2D eigenvalue weighted by Gasteiger charge is 2.32. The topological polar surface area (TPSA) is 113 Å². The Balaban J connectivity index is 2.32. The van der Waals surface area contributed by atoms with Gasteiger partial charge in [-0.05, 0) is 31.0 Å². The molecule has 0 aromatic heterocycles. The Morgan fingerprint density at radius 2 is 2.19 bits per heavy atom. The number of nitrogens with zero attached hydrogens (tertiary/aromatic N) is 2. The van der Waals surface area contributed by atoms with E-state index in [1.165, 1.54) is 23.1 Å². The van der Waals surface area contributed by atoms with Gasteiger partial charge in [0.2, 0.25) is 0 Å². The number of hydrogen-bond donors (Lipinski definition) is 2. The lowest BCUT2D eigenvalue weighted by molar-refractivity contribution is 0.0767. The molecule has 0 aliphatic carbocycles. The van der Waals surface area contributed by atoms with E-state index in [4.69, 9.17) is 10.9 Å². The summed E-state index contributed by atoms with van der Waals surface area (Å²) in [5, 5.41) is 11.7. The first-order valence-corrected chi connectivity index (χ1v) is 8.32. The van der Waals surface area contributed by atoms with Crippen molar-refractivity contribution in [3.8, 4) is 0 Å². The molecule has 1 unspecified atom stereocenters. The maximum Gasteiger partial charge on any atom is 0.254 e. The van der Waals surface area contributed by atoms with E-state index in [2.05, 4.69) is 5.16 Å². The zero-order valence-electron chi connectivity index (χ0n) is 11.6. The summed E-state index contributed by atoms with van der Waals surface area (Å²) < 4.78 is 23.1. The summed E-state index contributed by atoms with van der Waals surface area (Å²) in [5.74, 6) is -0.338. The Kier molecular flexibility index (Phi) is 4.17. The molecule has 1 aromatic rings. The number of amides is 1. The van der Waals surface area contributed by atoms with Gasteiger partial charge < -0.3 is 15.8 Å². The van der Waals surface area contributed by atoms with Crippen LogP contribution in [-0.4, -0.2) is 49.1 Å². The first-order chi connectivity index (χ1) is 9.84. The normalized spacial score (nSPS) is 19.8. The molecule has 7 nitrogen and oxygen atoms in total. The van der Waals surface area contributed by atoms with E-state index in [0.29, 0.717) is 13.0 Å². The van der Waals surface area contributed by atoms with Gasteiger partial charge in [0.05, 0.1) is 10.9 Å². The van der Waals surface area contributed by atoms with Crippen molar-refractivity contribution in [1.82, 2.24) is 4.90 Å². The molecule has 2 rings (SSSR count). The summed E-state index contributed by atoms with van der Waals surface area (Å²) in [4.78, 5) is 14.1. The van der Waals surface area contributed by atoms with Crippen LogP contribution in [0.15, 0.2) is 34.3 Å². The lowest BCUT2D eigenvalue weighted by Crippen LogP contribution is -2.43. The number of likely N-dealkylation sites (tertiary alicyclic amines) is 1. The van der Waals surface area contributed by atoms with Crippen molar-refractivity contribution >= 4 is 21.6 Å². The second kappa shape index (κ2) is 5.72. The van der Waals surface area contributed by atoms with Crippen LogP contribution >= 0.6 is 0 Å². The molecule has 21 heavy (non-hydrogen) atoms. The van der Waals surface area contributed by atoms with Crippen LogP contribution in [0.2, 0.25) is 0 Å². The molecule has 0 spiro atoms. The smallest absolute Gasteiger partial charge is 0.254 e. The molecule has 3 N–H and O–H groups in total. The summed E-state index contributed by atoms with van der Waals surface area (Å²) in [5.41, 5.74) is 5.87. The van der Waals surface area contributed by atoms with E-state index in [0.717, 1.165) is 12.7 Å². The predicted molar refractivity (Wildman–Crippen MR) is 77.0 cm³/mol. The molecule has 0 bridgehead atoms. The van der Waals surface area contributed by atoms with Crippen molar-refractivity contribution in [3.63, 3.8) is 0 Å². The largest absolute Gasteiger partial charge is 0.409 e. The first kappa shape index (κ1) is 15.3. The predicted octanol–water partition coefficient (Wildman–Crippen LogP) is 0.441. The van der Waals surface area contributed by atoms with Crippen LogP contribution in [0, 0.1) is 0 Å². The fraction of sp³-hybridized carbons (Fsp3) is 0.385. The molecule has 1 atom stereocenters. The fourth-order valence-corrected chi connectivity index (χ4v) is 3.08. The van der Waals surface area contributed by atoms with E-state index in [1.54, 1.807) is 6.07 Å². The Morgan fingerprint density at radius 1 is 1.48 bits per heavy atom. The van der Waals surface area contributed by atoms with Gasteiger partial charge in [-0.3, -0.25) is 4.79 Å². The molecule has 0 radical (unpaired) electrons. The average Bonchev–Trinajstić information content (AvgIpc) is 2.94. The van der Waals surface area contributed by atoms with Crippen LogP contribution in [0.5, 0.6) is 0 Å². The minimum Gasteiger partial charge on any atom is -0.409 e. The van der Waals surface area contributed by atoms with E-state index in [-0.39, 0.29) is 22.2 Å². The molecule has 114 valence electrons. The lowest BCUT2D eigenvalue weighted by atomic mass is 10.1. The molecule has 1 aliphatic heterocycles. The SMILES string of the molecule is CS(=O)(=O)c1cccc(C(=O)N2CCCC2C(N)=NO)c1. The zero-order valence-corrected chi connectivity index (χ0v) is 12.4. The number of nitrogens with two attached hydrogens (primary N) is 1. The molecule has 1 amide bonds. The highest BCUT2D eigenvalue weighted by Crippen LogP contribution is 2.21. The fourth-order valence-electron chi connectivity index (χ4n) is 2.41. The highest BCUT2D eigenvalue weighted by molar-refractivity contribution is 7.90. The molecule has 8 heteroatoms. The number of rotatable bonds is 3. The van der Waals surface area contributed by atoms with Crippen molar-refractivity contribution in [1.29, 1.82) is 0 Å². The van der Waals surface area contributed by atoms with Crippen molar-refractivity contribution in [2.45, 2.75) is 23.8 Å². The molecule has 1 aromatic carbocycles. The summed E-state index contributed by atoms with van der Waals surface area (Å²) >= 11 is 0. The van der Waals surface area contributed by atoms with Crippen molar-refractivity contribution in [2.75, 3.05) is 12.8 Å². The number of carbonyl (C=O) groups excluding carboxylic acids is 1. The standard InChI is InChI=1S/C13H17N3O4S/c1-21(19,20)10-5-2-4-9(8-10)13(17)16-7-3-6-11(16)12(14)15-18/h2,4-5,8,11,18H,3,6-7H2,1H3,(H2,14,15). The van der Waals surface area contributed by atoms with Crippen molar-refractivity contribution < 1.29 is 18.4 Å². The van der Waals surface area contributed by atoms with Gasteiger partial charge in [0.15, 0.2) is 15.7 Å². The summed E-state index contributed by atoms with van der Waals surface area (Å²) in [6.07, 6.45) is 2.46. The van der Waals surface area contributed by atoms with Gasteiger partial charge >= 0.3 is 0 Å². The van der Waals surface area contributed by atoms with Gasteiger partial charge in [0.25, 0.3) is 5.91 Å². The number of hydrogen-bond acceptors (Lipinski definition) is 5. The molecular weight excluding hydrogens is 294 g/mol. The van der Waals surface area contributed by atoms with Crippen LogP contribution in [0.3, 0.4) is 0 Å². The Morgan fingerprint density at radius 3 is 2.81 bits per heavy atom. The Labute approximate surface area is 123 Å². The molecule has 1 aliphatic rings. The van der Waals surface area contributed by atoms with Gasteiger partial charge in [0.1, 0.15) is 0 Å². The molecule has 1 heterocycles. The van der Waals surface area contributed by atoms with E-state index in [1.807, 2.05) is 0 Å². The first-order valence-electron chi connectivity index (χ1n) is 6.43. The van der Waals surface area contributed by atoms with Gasteiger partial charge in [-0.2, -0.15) is 0 Å². The maximum absolute atomic E-state index is 12.5. The van der Waals surface area contributed by atoms with Crippen molar-refractivity contribution in [2.24, 2.45) is 10.9 Å². The van der Waals surface area contributed by atoms with Gasteiger partial charge in [-0.15, -0.1) is 0 Å². The number of carbonyl (C=O) groups is 1. The number of sulfone groups is 1. The molecular formula is C13H17N3O4S. The van der Waals surface area contributed by atoms with Crippen LogP contribution < -0.4 is 5.73 Å². The zero-order chi connectivity index (χ0) is 15.6. The molecule has 1 saturated heterocycles. The van der Waals surface area contributed by atoms with E-state index < -0.39 is 15.9 Å². The molecule has 0 saturated carbocycles. The van der Waals surface area contributed by atoms with E-state index >= 15 is 0 Å². The second-order valence-electron chi connectivity index (χ2n) is 4.98. The van der Waals surface area contributed by atoms with Crippen molar-refractivity contribution in [3.05, 3.63) is 29.8 Å². The second-order valence-corrected chi connectivity index (χ2v) is 7.00. The van der Waals surface area contributed by atoms with Crippen LogP contribution in [-0.2, 0) is 9.84 Å². The van der Waals surface area contributed by atoms with Crippen LogP contribution in [0.1, 0.15) is 23.2 Å². The monoisotopic (exact) mass is 311 g/mol. The number of amidine groups is 1. The van der Waals surface area contributed by atoms with Gasteiger partial charge in [-0.1, -0.05) is 11.2 Å². The van der Waals surface area contributed by atoms with E-state index in [9.17, 15) is 13.2 Å². The summed E-state index contributed by atoms with van der Waals surface area (Å²) in [6, 6.07) is 5.41. The Hall–Kier alpha value is -2.09. The van der Waals surface area contributed by atoms with Crippen LogP contribution in [0.25, 0.3) is 0 Å². The number of oxime groups is 1.